The van der Waals surface area contributed by atoms with E-state index in [4.69, 9.17) is 4.74 Å². The molecule has 0 aromatic heterocycles. The lowest BCUT2D eigenvalue weighted by Crippen LogP contribution is -2.42. The van der Waals surface area contributed by atoms with Crippen LogP contribution in [0.1, 0.15) is 46.0 Å². The van der Waals surface area contributed by atoms with Gasteiger partial charge in [-0.25, -0.2) is 0 Å². The number of rotatable bonds is 5. The van der Waals surface area contributed by atoms with Crippen LogP contribution in [0.2, 0.25) is 0 Å². The third kappa shape index (κ3) is 5.05. The minimum Gasteiger partial charge on any atom is -0.370 e. The van der Waals surface area contributed by atoms with Crippen molar-refractivity contribution in [2.75, 3.05) is 19.7 Å². The Morgan fingerprint density at radius 1 is 1.07 bits per heavy atom. The molecule has 1 heterocycles. The molecule has 1 fully saturated rings. The van der Waals surface area contributed by atoms with Gasteiger partial charge in [0.25, 0.3) is 0 Å². The normalized spacial score (nSPS) is 17.0. The van der Waals surface area contributed by atoms with Gasteiger partial charge in [0, 0.05) is 29.4 Å². The zero-order chi connectivity index (χ0) is 19.4. The Balaban J connectivity index is 1.56. The summed E-state index contributed by atoms with van der Waals surface area (Å²) >= 11 is 3.43. The van der Waals surface area contributed by atoms with E-state index in [0.29, 0.717) is 25.3 Å². The van der Waals surface area contributed by atoms with E-state index >= 15 is 0 Å². The van der Waals surface area contributed by atoms with Crippen LogP contribution < -0.4 is 0 Å². The Morgan fingerprint density at radius 3 is 2.52 bits per heavy atom. The monoisotopic (exact) mass is 429 g/mol. The summed E-state index contributed by atoms with van der Waals surface area (Å²) in [7, 11) is 0. The summed E-state index contributed by atoms with van der Waals surface area (Å²) in [6, 6.07) is 13.7. The fourth-order valence-electron chi connectivity index (χ4n) is 3.19. The molecular formula is C22H24BrNO3. The van der Waals surface area contributed by atoms with E-state index in [9.17, 15) is 9.59 Å². The third-order valence-corrected chi connectivity index (χ3v) is 5.58. The van der Waals surface area contributed by atoms with Crippen molar-refractivity contribution < 1.29 is 14.3 Å². The molecule has 0 spiro atoms. The standard InChI is InChI=1S/C22H24BrNO3/c1-15-3-4-18(13-16(15)2)20(25)9-10-22(26)24-11-12-27-21(14-24)17-5-7-19(23)8-6-17/h3-8,13,21H,9-12,14H2,1-2H3. The number of nitrogens with zero attached hydrogens (tertiary/aromatic N) is 1. The second-order valence-electron chi connectivity index (χ2n) is 6.97. The predicted molar refractivity (Wildman–Crippen MR) is 109 cm³/mol. The zero-order valence-electron chi connectivity index (χ0n) is 15.7. The topological polar surface area (TPSA) is 46.6 Å². The number of carbonyl (C=O) groups is 2. The number of morpholine rings is 1. The SMILES string of the molecule is Cc1ccc(C(=O)CCC(=O)N2CCOC(c3ccc(Br)cc3)C2)cc1C. The number of hydrogen-bond acceptors (Lipinski definition) is 3. The molecule has 3 rings (SSSR count). The van der Waals surface area contributed by atoms with Gasteiger partial charge in [0.2, 0.25) is 5.91 Å². The summed E-state index contributed by atoms with van der Waals surface area (Å²) in [5.74, 6) is 0.0294. The lowest BCUT2D eigenvalue weighted by atomic mass is 10.0. The van der Waals surface area contributed by atoms with Crippen molar-refractivity contribution in [1.82, 2.24) is 4.90 Å². The maximum atomic E-state index is 12.6. The van der Waals surface area contributed by atoms with Gasteiger partial charge in [-0.2, -0.15) is 0 Å². The molecule has 1 aliphatic heterocycles. The van der Waals surface area contributed by atoms with Crippen LogP contribution in [0.25, 0.3) is 0 Å². The molecule has 0 N–H and O–H groups in total. The van der Waals surface area contributed by atoms with E-state index in [2.05, 4.69) is 15.9 Å². The summed E-state index contributed by atoms with van der Waals surface area (Å²) in [5, 5.41) is 0. The number of carbonyl (C=O) groups excluding carboxylic acids is 2. The second kappa shape index (κ2) is 8.81. The molecule has 1 amide bonds. The molecule has 1 atom stereocenters. The van der Waals surface area contributed by atoms with E-state index in [1.807, 2.05) is 61.2 Å². The highest BCUT2D eigenvalue weighted by Gasteiger charge is 2.25. The smallest absolute Gasteiger partial charge is 0.223 e. The number of benzene rings is 2. The Labute approximate surface area is 168 Å². The highest BCUT2D eigenvalue weighted by molar-refractivity contribution is 9.10. The molecule has 2 aromatic carbocycles. The summed E-state index contributed by atoms with van der Waals surface area (Å²) in [6.07, 6.45) is 0.353. The fraction of sp³-hybridized carbons (Fsp3) is 0.364. The first-order chi connectivity index (χ1) is 12.9. The van der Waals surface area contributed by atoms with Crippen LogP contribution >= 0.6 is 15.9 Å². The molecule has 1 unspecified atom stereocenters. The van der Waals surface area contributed by atoms with Crippen molar-refractivity contribution in [3.63, 3.8) is 0 Å². The van der Waals surface area contributed by atoms with Crippen molar-refractivity contribution >= 4 is 27.6 Å². The van der Waals surface area contributed by atoms with Gasteiger partial charge in [-0.1, -0.05) is 40.2 Å². The summed E-state index contributed by atoms with van der Waals surface area (Å²) in [6.45, 7) is 5.63. The van der Waals surface area contributed by atoms with Crippen LogP contribution in [0.3, 0.4) is 0 Å². The van der Waals surface area contributed by atoms with Crippen molar-refractivity contribution in [2.24, 2.45) is 0 Å². The molecule has 0 aliphatic carbocycles. The van der Waals surface area contributed by atoms with Gasteiger partial charge in [0.1, 0.15) is 6.10 Å². The molecule has 4 nitrogen and oxygen atoms in total. The Morgan fingerprint density at radius 2 is 1.81 bits per heavy atom. The average molecular weight is 430 g/mol. The fourth-order valence-corrected chi connectivity index (χ4v) is 3.46. The number of halogens is 1. The van der Waals surface area contributed by atoms with E-state index in [-0.39, 0.29) is 30.6 Å². The van der Waals surface area contributed by atoms with Crippen molar-refractivity contribution in [2.45, 2.75) is 32.8 Å². The lowest BCUT2D eigenvalue weighted by molar-refractivity contribution is -0.139. The van der Waals surface area contributed by atoms with E-state index in [1.165, 1.54) is 0 Å². The number of aryl methyl sites for hydroxylation is 2. The van der Waals surface area contributed by atoms with Gasteiger partial charge in [0.15, 0.2) is 5.78 Å². The summed E-state index contributed by atoms with van der Waals surface area (Å²) < 4.78 is 6.84. The predicted octanol–water partition coefficient (Wildman–Crippen LogP) is 4.63. The molecule has 142 valence electrons. The lowest BCUT2D eigenvalue weighted by Gasteiger charge is -2.33. The van der Waals surface area contributed by atoms with Gasteiger partial charge in [-0.05, 0) is 48.7 Å². The summed E-state index contributed by atoms with van der Waals surface area (Å²) in [4.78, 5) is 26.8. The Hall–Kier alpha value is -1.98. The molecule has 0 saturated carbocycles. The molecule has 0 bridgehead atoms. The first kappa shape index (κ1) is 19.8. The number of amides is 1. The zero-order valence-corrected chi connectivity index (χ0v) is 17.3. The number of ketones is 1. The van der Waals surface area contributed by atoms with Crippen molar-refractivity contribution in [3.8, 4) is 0 Å². The van der Waals surface area contributed by atoms with Crippen LogP contribution in [0.15, 0.2) is 46.9 Å². The van der Waals surface area contributed by atoms with Gasteiger partial charge >= 0.3 is 0 Å². The van der Waals surface area contributed by atoms with Crippen LogP contribution in [-0.4, -0.2) is 36.3 Å². The van der Waals surface area contributed by atoms with Gasteiger partial charge in [-0.15, -0.1) is 0 Å². The maximum Gasteiger partial charge on any atom is 0.223 e. The van der Waals surface area contributed by atoms with Crippen molar-refractivity contribution in [3.05, 3.63) is 69.2 Å². The molecule has 1 aliphatic rings. The molecule has 5 heteroatoms. The van der Waals surface area contributed by atoms with Crippen LogP contribution in [0.4, 0.5) is 0 Å². The average Bonchev–Trinajstić information content (AvgIpc) is 2.68. The first-order valence-corrected chi connectivity index (χ1v) is 9.98. The molecular weight excluding hydrogens is 406 g/mol. The minimum atomic E-state index is -0.119. The third-order valence-electron chi connectivity index (χ3n) is 5.06. The minimum absolute atomic E-state index is 0.0117. The highest BCUT2D eigenvalue weighted by atomic mass is 79.9. The molecule has 2 aromatic rings. The quantitative estimate of drug-likeness (QED) is 0.650. The van der Waals surface area contributed by atoms with E-state index in [1.54, 1.807) is 0 Å². The number of hydrogen-bond donors (Lipinski definition) is 0. The first-order valence-electron chi connectivity index (χ1n) is 9.19. The van der Waals surface area contributed by atoms with Crippen molar-refractivity contribution in [1.29, 1.82) is 0 Å². The summed E-state index contributed by atoms with van der Waals surface area (Å²) in [5.41, 5.74) is 4.00. The van der Waals surface area contributed by atoms with E-state index in [0.717, 1.165) is 21.2 Å². The van der Waals surface area contributed by atoms with Gasteiger partial charge in [0.05, 0.1) is 13.2 Å². The Kier molecular flexibility index (Phi) is 6.45. The molecule has 1 saturated heterocycles. The molecule has 0 radical (unpaired) electrons. The van der Waals surface area contributed by atoms with Gasteiger partial charge < -0.3 is 9.64 Å². The van der Waals surface area contributed by atoms with Gasteiger partial charge in [-0.3, -0.25) is 9.59 Å². The van der Waals surface area contributed by atoms with Crippen LogP contribution in [-0.2, 0) is 9.53 Å². The number of Topliss-reactive ketones (excluding diaryl/α,β-unsaturated/α-hetero) is 1. The Bertz CT molecular complexity index is 832. The van der Waals surface area contributed by atoms with E-state index < -0.39 is 0 Å². The molecule has 27 heavy (non-hydrogen) atoms. The van der Waals surface area contributed by atoms with Crippen LogP contribution in [0.5, 0.6) is 0 Å². The second-order valence-corrected chi connectivity index (χ2v) is 7.89. The van der Waals surface area contributed by atoms with Crippen LogP contribution in [0, 0.1) is 13.8 Å². The largest absolute Gasteiger partial charge is 0.370 e. The maximum absolute atomic E-state index is 12.6. The highest BCUT2D eigenvalue weighted by Crippen LogP contribution is 2.24. The number of ether oxygens (including phenoxy) is 1.